The van der Waals surface area contributed by atoms with Crippen LogP contribution in [0.25, 0.3) is 0 Å². The fraction of sp³-hybridized carbons (Fsp3) is 0.867. The number of primary amides is 1. The van der Waals surface area contributed by atoms with Crippen molar-refractivity contribution in [1.82, 2.24) is 5.32 Å². The molecule has 0 bridgehead atoms. The summed E-state index contributed by atoms with van der Waals surface area (Å²) < 4.78 is 0. The van der Waals surface area contributed by atoms with Crippen LogP contribution < -0.4 is 11.1 Å². The summed E-state index contributed by atoms with van der Waals surface area (Å²) in [5.41, 5.74) is 4.71. The molecule has 4 heteroatoms. The molecule has 110 valence electrons. The van der Waals surface area contributed by atoms with Crippen LogP contribution in [0.5, 0.6) is 0 Å². The molecule has 19 heavy (non-hydrogen) atoms. The van der Waals surface area contributed by atoms with E-state index in [1.807, 2.05) is 34.6 Å². The highest BCUT2D eigenvalue weighted by Crippen LogP contribution is 2.47. The number of hydrogen-bond donors (Lipinski definition) is 2. The molecular formula is C15H28N2O2. The lowest BCUT2D eigenvalue weighted by Crippen LogP contribution is -2.53. The molecule has 4 nitrogen and oxygen atoms in total. The Kier molecular flexibility index (Phi) is 4.64. The van der Waals surface area contributed by atoms with Gasteiger partial charge in [0.2, 0.25) is 11.8 Å². The summed E-state index contributed by atoms with van der Waals surface area (Å²) in [5, 5.41) is 3.01. The van der Waals surface area contributed by atoms with E-state index in [4.69, 9.17) is 5.73 Å². The van der Waals surface area contributed by atoms with Gasteiger partial charge in [0.15, 0.2) is 0 Å². The monoisotopic (exact) mass is 268 g/mol. The first-order chi connectivity index (χ1) is 8.60. The second kappa shape index (κ2) is 5.51. The Bertz CT molecular complexity index is 350. The van der Waals surface area contributed by atoms with E-state index in [0.717, 1.165) is 25.7 Å². The number of rotatable bonds is 4. The highest BCUT2D eigenvalue weighted by atomic mass is 16.2. The van der Waals surface area contributed by atoms with Crippen molar-refractivity contribution in [3.63, 3.8) is 0 Å². The van der Waals surface area contributed by atoms with E-state index in [1.165, 1.54) is 0 Å². The molecule has 0 aromatic heterocycles. The molecule has 1 aliphatic carbocycles. The number of amides is 2. The molecule has 2 amide bonds. The predicted molar refractivity (Wildman–Crippen MR) is 76.3 cm³/mol. The average Bonchev–Trinajstić information content (AvgIpc) is 2.64. The fourth-order valence-electron chi connectivity index (χ4n) is 3.36. The zero-order chi connectivity index (χ0) is 14.8. The van der Waals surface area contributed by atoms with E-state index in [9.17, 15) is 9.59 Å². The van der Waals surface area contributed by atoms with Crippen LogP contribution in [0.15, 0.2) is 0 Å². The highest BCUT2D eigenvalue weighted by Gasteiger charge is 2.50. The van der Waals surface area contributed by atoms with E-state index in [1.54, 1.807) is 0 Å². The van der Waals surface area contributed by atoms with Crippen LogP contribution in [0.1, 0.15) is 60.3 Å². The smallest absolute Gasteiger partial charge is 0.224 e. The minimum absolute atomic E-state index is 0.0387. The van der Waals surface area contributed by atoms with Crippen molar-refractivity contribution in [2.75, 3.05) is 0 Å². The quantitative estimate of drug-likeness (QED) is 0.820. The van der Waals surface area contributed by atoms with Crippen LogP contribution in [0.2, 0.25) is 0 Å². The number of carbonyl (C=O) groups is 2. The van der Waals surface area contributed by atoms with Crippen LogP contribution in [-0.2, 0) is 9.59 Å². The number of carbonyl (C=O) groups excluding carboxylic acids is 2. The van der Waals surface area contributed by atoms with E-state index in [-0.39, 0.29) is 29.2 Å². The first-order valence-corrected chi connectivity index (χ1v) is 7.22. The Hall–Kier alpha value is -1.06. The largest absolute Gasteiger partial charge is 0.369 e. The molecule has 0 aromatic rings. The van der Waals surface area contributed by atoms with Crippen molar-refractivity contribution >= 4 is 11.8 Å². The third-order valence-corrected chi connectivity index (χ3v) is 4.03. The second-order valence-electron chi connectivity index (χ2n) is 7.19. The van der Waals surface area contributed by atoms with Crippen molar-refractivity contribution in [2.45, 2.75) is 65.8 Å². The molecule has 0 unspecified atom stereocenters. The van der Waals surface area contributed by atoms with Crippen LogP contribution in [-0.4, -0.2) is 17.4 Å². The lowest BCUT2D eigenvalue weighted by atomic mass is 9.67. The van der Waals surface area contributed by atoms with Gasteiger partial charge in [0.05, 0.1) is 11.3 Å². The van der Waals surface area contributed by atoms with Crippen LogP contribution >= 0.6 is 0 Å². The maximum atomic E-state index is 12.6. The Morgan fingerprint density at radius 1 is 1.16 bits per heavy atom. The van der Waals surface area contributed by atoms with Crippen molar-refractivity contribution < 1.29 is 9.59 Å². The van der Waals surface area contributed by atoms with Gasteiger partial charge in [-0.3, -0.25) is 9.59 Å². The Morgan fingerprint density at radius 3 is 1.95 bits per heavy atom. The molecule has 1 aliphatic rings. The minimum Gasteiger partial charge on any atom is -0.369 e. The topological polar surface area (TPSA) is 72.2 Å². The van der Waals surface area contributed by atoms with Crippen molar-refractivity contribution in [3.05, 3.63) is 0 Å². The third kappa shape index (κ3) is 3.48. The first-order valence-electron chi connectivity index (χ1n) is 7.22. The molecule has 1 rings (SSSR count). The minimum atomic E-state index is -0.649. The summed E-state index contributed by atoms with van der Waals surface area (Å²) in [6.07, 6.45) is 3.44. The molecule has 0 aliphatic heterocycles. The second-order valence-corrected chi connectivity index (χ2v) is 7.19. The molecule has 1 saturated carbocycles. The van der Waals surface area contributed by atoms with Crippen molar-refractivity contribution in [3.8, 4) is 0 Å². The number of hydrogen-bond acceptors (Lipinski definition) is 2. The molecule has 3 N–H and O–H groups in total. The summed E-state index contributed by atoms with van der Waals surface area (Å²) >= 11 is 0. The van der Waals surface area contributed by atoms with E-state index in [0.29, 0.717) is 0 Å². The van der Waals surface area contributed by atoms with Crippen LogP contribution in [0, 0.1) is 17.3 Å². The molecular weight excluding hydrogens is 240 g/mol. The Balaban J connectivity index is 3.05. The summed E-state index contributed by atoms with van der Waals surface area (Å²) in [6, 6.07) is 0. The predicted octanol–water partition coefficient (Wildman–Crippen LogP) is 2.22. The Morgan fingerprint density at radius 2 is 1.63 bits per heavy atom. The number of nitrogens with two attached hydrogens (primary N) is 1. The maximum absolute atomic E-state index is 12.6. The molecule has 0 spiro atoms. The van der Waals surface area contributed by atoms with Gasteiger partial charge in [-0.2, -0.15) is 0 Å². The molecule has 0 saturated heterocycles. The standard InChI is InChI=1S/C15H28N2O2/c1-10(2)11(12(18)17-14(3,4)5)15(13(16)19)8-6-7-9-15/h10-11H,6-9H2,1-5H3,(H2,16,19)(H,17,18)/t11-/m0/s1. The van der Waals surface area contributed by atoms with Gasteiger partial charge in [-0.25, -0.2) is 0 Å². The third-order valence-electron chi connectivity index (χ3n) is 4.03. The summed E-state index contributed by atoms with van der Waals surface area (Å²) in [6.45, 7) is 9.85. The Labute approximate surface area is 116 Å². The van der Waals surface area contributed by atoms with Crippen LogP contribution in [0.4, 0.5) is 0 Å². The average molecular weight is 268 g/mol. The number of nitrogens with one attached hydrogen (secondary N) is 1. The summed E-state index contributed by atoms with van der Waals surface area (Å²) in [7, 11) is 0. The fourth-order valence-corrected chi connectivity index (χ4v) is 3.36. The van der Waals surface area contributed by atoms with Crippen molar-refractivity contribution in [1.29, 1.82) is 0 Å². The molecule has 1 fully saturated rings. The van der Waals surface area contributed by atoms with E-state index in [2.05, 4.69) is 5.32 Å². The van der Waals surface area contributed by atoms with Gasteiger partial charge in [0.25, 0.3) is 0 Å². The first kappa shape index (κ1) is 16.0. The van der Waals surface area contributed by atoms with E-state index >= 15 is 0 Å². The summed E-state index contributed by atoms with van der Waals surface area (Å²) in [4.78, 5) is 24.6. The van der Waals surface area contributed by atoms with Crippen molar-refractivity contribution in [2.24, 2.45) is 23.0 Å². The highest BCUT2D eigenvalue weighted by molar-refractivity contribution is 5.90. The lowest BCUT2D eigenvalue weighted by molar-refractivity contribution is -0.143. The van der Waals surface area contributed by atoms with Gasteiger partial charge < -0.3 is 11.1 Å². The zero-order valence-corrected chi connectivity index (χ0v) is 12.9. The van der Waals surface area contributed by atoms with Gasteiger partial charge in [-0.15, -0.1) is 0 Å². The molecule has 0 aromatic carbocycles. The normalized spacial score (nSPS) is 20.3. The van der Waals surface area contributed by atoms with Gasteiger partial charge in [0.1, 0.15) is 0 Å². The van der Waals surface area contributed by atoms with Crippen LogP contribution in [0.3, 0.4) is 0 Å². The molecule has 0 radical (unpaired) electrons. The van der Waals surface area contributed by atoms with Gasteiger partial charge >= 0.3 is 0 Å². The zero-order valence-electron chi connectivity index (χ0n) is 12.9. The van der Waals surface area contributed by atoms with Gasteiger partial charge in [-0.05, 0) is 39.5 Å². The maximum Gasteiger partial charge on any atom is 0.224 e. The summed E-state index contributed by atoms with van der Waals surface area (Å²) in [5.74, 6) is -0.573. The van der Waals surface area contributed by atoms with Gasteiger partial charge in [0, 0.05) is 5.54 Å². The SMILES string of the molecule is CC(C)[C@@H](C(=O)NC(C)(C)C)C1(C(N)=O)CCCC1. The van der Waals surface area contributed by atoms with E-state index < -0.39 is 5.41 Å². The van der Waals surface area contributed by atoms with Gasteiger partial charge in [-0.1, -0.05) is 26.7 Å². The molecule has 1 atom stereocenters. The molecule has 0 heterocycles. The lowest BCUT2D eigenvalue weighted by Gasteiger charge is -2.38.